The first kappa shape index (κ1) is 27.7. The van der Waals surface area contributed by atoms with Crippen LogP contribution in [0.15, 0.2) is 24.3 Å². The Kier molecular flexibility index (Phi) is 18.4. The van der Waals surface area contributed by atoms with E-state index in [0.29, 0.717) is 13.0 Å². The number of unbranched alkanes of at least 4 members (excludes halogenated alkanes) is 16. The highest BCUT2D eigenvalue weighted by Gasteiger charge is 2.03. The molecule has 1 rings (SSSR count). The molecular formula is C29H50O2. The fraction of sp³-hybridized carbons (Fsp3) is 0.759. The maximum Gasteiger partial charge on any atom is 0.306 e. The summed E-state index contributed by atoms with van der Waals surface area (Å²) in [5, 5.41) is 0. The number of aryl methyl sites for hydroxylation is 1. The lowest BCUT2D eigenvalue weighted by Crippen LogP contribution is -2.04. The van der Waals surface area contributed by atoms with E-state index in [2.05, 4.69) is 38.1 Å². The van der Waals surface area contributed by atoms with E-state index in [1.54, 1.807) is 0 Å². The average Bonchev–Trinajstić information content (AvgIpc) is 2.80. The SMILES string of the molecule is CCCCCCCCCCCCCCCCCCCC(=O)OCc1ccc(CC)cc1. The third kappa shape index (κ3) is 17.0. The van der Waals surface area contributed by atoms with Gasteiger partial charge < -0.3 is 4.74 Å². The lowest BCUT2D eigenvalue weighted by molar-refractivity contribution is -0.145. The summed E-state index contributed by atoms with van der Waals surface area (Å²) >= 11 is 0. The fourth-order valence-electron chi connectivity index (χ4n) is 4.10. The van der Waals surface area contributed by atoms with E-state index < -0.39 is 0 Å². The van der Waals surface area contributed by atoms with Crippen molar-refractivity contribution in [2.75, 3.05) is 0 Å². The number of hydrogen-bond acceptors (Lipinski definition) is 2. The van der Waals surface area contributed by atoms with Gasteiger partial charge in [0.1, 0.15) is 6.61 Å². The molecule has 1 aromatic carbocycles. The molecular weight excluding hydrogens is 380 g/mol. The minimum Gasteiger partial charge on any atom is -0.461 e. The van der Waals surface area contributed by atoms with Crippen LogP contribution in [0, 0.1) is 0 Å². The standard InChI is InChI=1S/C29H50O2/c1-3-5-6-7-8-9-10-11-12-13-14-15-16-17-18-19-20-21-29(30)31-26-28-24-22-27(4-2)23-25-28/h22-25H,3-21,26H2,1-2H3. The van der Waals surface area contributed by atoms with Gasteiger partial charge in [-0.15, -0.1) is 0 Å². The van der Waals surface area contributed by atoms with Gasteiger partial charge >= 0.3 is 5.97 Å². The van der Waals surface area contributed by atoms with Gasteiger partial charge in [0.15, 0.2) is 0 Å². The van der Waals surface area contributed by atoms with E-state index in [4.69, 9.17) is 4.74 Å². The minimum absolute atomic E-state index is 0.0551. The van der Waals surface area contributed by atoms with E-state index in [0.717, 1.165) is 24.8 Å². The van der Waals surface area contributed by atoms with Crippen LogP contribution < -0.4 is 0 Å². The van der Waals surface area contributed by atoms with Crippen LogP contribution >= 0.6 is 0 Å². The Morgan fingerprint density at radius 3 is 1.39 bits per heavy atom. The van der Waals surface area contributed by atoms with Crippen LogP contribution in [0.2, 0.25) is 0 Å². The summed E-state index contributed by atoms with van der Waals surface area (Å²) in [6.45, 7) is 4.84. The molecule has 0 spiro atoms. The second-order valence-electron chi connectivity index (χ2n) is 9.24. The molecule has 0 aromatic heterocycles. The van der Waals surface area contributed by atoms with Gasteiger partial charge in [0, 0.05) is 6.42 Å². The first-order valence-corrected chi connectivity index (χ1v) is 13.5. The highest BCUT2D eigenvalue weighted by molar-refractivity contribution is 5.69. The van der Waals surface area contributed by atoms with Crippen molar-refractivity contribution in [3.8, 4) is 0 Å². The summed E-state index contributed by atoms with van der Waals surface area (Å²) in [5.74, 6) is -0.0551. The average molecular weight is 431 g/mol. The van der Waals surface area contributed by atoms with Crippen molar-refractivity contribution in [1.29, 1.82) is 0 Å². The summed E-state index contributed by atoms with van der Waals surface area (Å²) in [5.41, 5.74) is 2.39. The fourth-order valence-corrected chi connectivity index (χ4v) is 4.10. The van der Waals surface area contributed by atoms with Crippen LogP contribution in [0.1, 0.15) is 141 Å². The molecule has 0 saturated heterocycles. The molecule has 0 radical (unpaired) electrons. The van der Waals surface area contributed by atoms with Crippen molar-refractivity contribution in [3.05, 3.63) is 35.4 Å². The molecule has 0 aliphatic rings. The van der Waals surface area contributed by atoms with Crippen molar-refractivity contribution >= 4 is 5.97 Å². The maximum absolute atomic E-state index is 11.9. The predicted molar refractivity (Wildman–Crippen MR) is 134 cm³/mol. The van der Waals surface area contributed by atoms with Gasteiger partial charge in [0.05, 0.1) is 0 Å². The van der Waals surface area contributed by atoms with Crippen LogP contribution in [0.5, 0.6) is 0 Å². The summed E-state index contributed by atoms with van der Waals surface area (Å²) in [7, 11) is 0. The van der Waals surface area contributed by atoms with Crippen LogP contribution in [0.3, 0.4) is 0 Å². The lowest BCUT2D eigenvalue weighted by Gasteiger charge is -2.06. The minimum atomic E-state index is -0.0551. The molecule has 31 heavy (non-hydrogen) atoms. The van der Waals surface area contributed by atoms with Gasteiger partial charge in [0.25, 0.3) is 0 Å². The second-order valence-corrected chi connectivity index (χ2v) is 9.24. The molecule has 0 unspecified atom stereocenters. The van der Waals surface area contributed by atoms with Crippen molar-refractivity contribution in [2.45, 2.75) is 142 Å². The number of carbonyl (C=O) groups is 1. The Morgan fingerprint density at radius 2 is 0.968 bits per heavy atom. The number of carbonyl (C=O) groups excluding carboxylic acids is 1. The molecule has 0 atom stereocenters. The molecule has 178 valence electrons. The second kappa shape index (κ2) is 20.6. The molecule has 0 bridgehead atoms. The van der Waals surface area contributed by atoms with Crippen molar-refractivity contribution < 1.29 is 9.53 Å². The number of ether oxygens (including phenoxy) is 1. The number of rotatable bonds is 21. The van der Waals surface area contributed by atoms with Gasteiger partial charge in [-0.3, -0.25) is 4.79 Å². The first-order chi connectivity index (χ1) is 15.3. The molecule has 2 heteroatoms. The van der Waals surface area contributed by atoms with E-state index in [1.165, 1.54) is 102 Å². The van der Waals surface area contributed by atoms with Crippen molar-refractivity contribution in [3.63, 3.8) is 0 Å². The third-order valence-electron chi connectivity index (χ3n) is 6.32. The zero-order chi connectivity index (χ0) is 22.4. The summed E-state index contributed by atoms with van der Waals surface area (Å²) in [4.78, 5) is 11.9. The van der Waals surface area contributed by atoms with Gasteiger partial charge in [-0.05, 0) is 24.0 Å². The highest BCUT2D eigenvalue weighted by atomic mass is 16.5. The Morgan fingerprint density at radius 1 is 0.581 bits per heavy atom. The van der Waals surface area contributed by atoms with Gasteiger partial charge in [-0.1, -0.05) is 141 Å². The molecule has 0 aliphatic carbocycles. The summed E-state index contributed by atoms with van der Waals surface area (Å²) in [6, 6.07) is 8.34. The third-order valence-corrected chi connectivity index (χ3v) is 6.32. The van der Waals surface area contributed by atoms with E-state index in [9.17, 15) is 4.79 Å². The zero-order valence-electron chi connectivity index (χ0n) is 20.8. The molecule has 0 saturated carbocycles. The quantitative estimate of drug-likeness (QED) is 0.143. The Balaban J connectivity index is 1.79. The maximum atomic E-state index is 11.9. The summed E-state index contributed by atoms with van der Waals surface area (Å²) in [6.07, 6.45) is 24.7. The largest absolute Gasteiger partial charge is 0.461 e. The topological polar surface area (TPSA) is 26.3 Å². The molecule has 0 amide bonds. The van der Waals surface area contributed by atoms with Gasteiger partial charge in [-0.2, -0.15) is 0 Å². The molecule has 1 aromatic rings. The smallest absolute Gasteiger partial charge is 0.306 e. The normalized spacial score (nSPS) is 11.0. The lowest BCUT2D eigenvalue weighted by atomic mass is 10.0. The molecule has 0 heterocycles. The number of hydrogen-bond donors (Lipinski definition) is 0. The van der Waals surface area contributed by atoms with Crippen LogP contribution in [0.4, 0.5) is 0 Å². The summed E-state index contributed by atoms with van der Waals surface area (Å²) < 4.78 is 5.39. The van der Waals surface area contributed by atoms with E-state index in [-0.39, 0.29) is 5.97 Å². The first-order valence-electron chi connectivity index (χ1n) is 13.5. The molecule has 0 N–H and O–H groups in total. The van der Waals surface area contributed by atoms with Crippen LogP contribution in [0.25, 0.3) is 0 Å². The Bertz CT molecular complexity index is 520. The number of benzene rings is 1. The van der Waals surface area contributed by atoms with Gasteiger partial charge in [-0.25, -0.2) is 0 Å². The Hall–Kier alpha value is -1.31. The van der Waals surface area contributed by atoms with Crippen LogP contribution in [-0.4, -0.2) is 5.97 Å². The number of esters is 1. The molecule has 0 aliphatic heterocycles. The molecule has 0 fully saturated rings. The van der Waals surface area contributed by atoms with Crippen molar-refractivity contribution in [1.82, 2.24) is 0 Å². The predicted octanol–water partition coefficient (Wildman–Crippen LogP) is 9.33. The van der Waals surface area contributed by atoms with Crippen molar-refractivity contribution in [2.24, 2.45) is 0 Å². The monoisotopic (exact) mass is 430 g/mol. The van der Waals surface area contributed by atoms with E-state index in [1.807, 2.05) is 0 Å². The zero-order valence-corrected chi connectivity index (χ0v) is 20.8. The Labute approximate surface area is 193 Å². The highest BCUT2D eigenvalue weighted by Crippen LogP contribution is 2.14. The molecule has 2 nitrogen and oxygen atoms in total. The van der Waals surface area contributed by atoms with Crippen LogP contribution in [-0.2, 0) is 22.6 Å². The van der Waals surface area contributed by atoms with E-state index >= 15 is 0 Å². The van der Waals surface area contributed by atoms with Gasteiger partial charge in [0.2, 0.25) is 0 Å².